The number of halogens is 4. The van der Waals surface area contributed by atoms with E-state index in [1.807, 2.05) is 38.4 Å². The molecule has 404 valence electrons. The van der Waals surface area contributed by atoms with Crippen molar-refractivity contribution in [2.24, 2.45) is 10.8 Å². The van der Waals surface area contributed by atoms with E-state index >= 15 is 0 Å². The maximum Gasteiger partial charge on any atom is 0.240 e. The Morgan fingerprint density at radius 1 is 0.603 bits per heavy atom. The van der Waals surface area contributed by atoms with Gasteiger partial charge in [0.05, 0.1) is 89.1 Å². The van der Waals surface area contributed by atoms with E-state index < -0.39 is 20.0 Å². The Bertz CT molecular complexity index is 2620. The Labute approximate surface area is 450 Å². The van der Waals surface area contributed by atoms with E-state index in [1.165, 1.54) is 0 Å². The average molecular weight is 1140 g/mol. The molecule has 73 heavy (non-hydrogen) atoms. The quantitative estimate of drug-likeness (QED) is 0.0205. The molecule has 0 aliphatic carbocycles. The molecule has 0 bridgehead atoms. The minimum Gasteiger partial charge on any atom is -0.379 e. The molecular formula is C49H68Cl4N8O10S2. The van der Waals surface area contributed by atoms with Crippen molar-refractivity contribution in [3.8, 4) is 0 Å². The second-order valence-corrected chi connectivity index (χ2v) is 22.0. The third kappa shape index (κ3) is 20.4. The van der Waals surface area contributed by atoms with Gasteiger partial charge in [0, 0.05) is 89.2 Å². The molecular weight excluding hydrogens is 1070 g/mol. The van der Waals surface area contributed by atoms with Crippen molar-refractivity contribution >= 4 is 66.5 Å². The lowest BCUT2D eigenvalue weighted by atomic mass is 9.85. The van der Waals surface area contributed by atoms with Crippen LogP contribution >= 0.6 is 46.4 Å². The topological polar surface area (TPSA) is 229 Å². The SMILES string of the molecule is C.CN1Cc2c(Cl)cc(Cl)cc2[C@H](c2cccc(S(=O)(=O)NCCOCCOCCOCCN)c2)C1.CN1Cc2c(Cl)cc(Cl)cc2[C@H](c2cccc(S(=O)(=O)NCCOCCOCCOCCN=[N+]=[N-])c2)C1. The molecule has 0 aromatic heterocycles. The molecule has 0 fully saturated rings. The first-order chi connectivity index (χ1) is 34.6. The molecule has 2 atom stereocenters. The summed E-state index contributed by atoms with van der Waals surface area (Å²) < 4.78 is 88.8. The summed E-state index contributed by atoms with van der Waals surface area (Å²) in [6.07, 6.45) is 0. The number of likely N-dealkylation sites (N-methyl/N-ethyl adjacent to an activating group) is 2. The van der Waals surface area contributed by atoms with Gasteiger partial charge in [-0.25, -0.2) is 26.3 Å². The summed E-state index contributed by atoms with van der Waals surface area (Å²) in [6, 6.07) is 21.3. The van der Waals surface area contributed by atoms with Gasteiger partial charge >= 0.3 is 0 Å². The van der Waals surface area contributed by atoms with E-state index in [2.05, 4.69) is 29.3 Å². The van der Waals surface area contributed by atoms with Crippen LogP contribution < -0.4 is 15.2 Å². The number of nitrogens with two attached hydrogens (primary N) is 1. The zero-order valence-corrected chi connectivity index (χ0v) is 45.1. The molecule has 0 amide bonds. The lowest BCUT2D eigenvalue weighted by molar-refractivity contribution is 0.0171. The number of nitrogens with one attached hydrogen (secondary N) is 2. The summed E-state index contributed by atoms with van der Waals surface area (Å²) >= 11 is 25.5. The van der Waals surface area contributed by atoms with Crippen LogP contribution in [0.25, 0.3) is 10.4 Å². The molecule has 0 saturated heterocycles. The number of benzene rings is 4. The number of nitrogens with zero attached hydrogens (tertiary/aromatic N) is 5. The maximum absolute atomic E-state index is 12.9. The summed E-state index contributed by atoms with van der Waals surface area (Å²) in [6.45, 7) is 8.45. The van der Waals surface area contributed by atoms with Gasteiger partial charge in [0.25, 0.3) is 0 Å². The van der Waals surface area contributed by atoms with Crippen molar-refractivity contribution in [3.05, 3.63) is 137 Å². The van der Waals surface area contributed by atoms with E-state index in [4.69, 9.17) is 86.1 Å². The van der Waals surface area contributed by atoms with E-state index in [0.717, 1.165) is 46.5 Å². The van der Waals surface area contributed by atoms with Crippen LogP contribution in [-0.4, -0.2) is 159 Å². The Balaban J connectivity index is 0.000000313. The molecule has 2 aliphatic rings. The number of sulfonamides is 2. The van der Waals surface area contributed by atoms with Crippen LogP contribution in [0.1, 0.15) is 52.6 Å². The van der Waals surface area contributed by atoms with Crippen LogP contribution in [0.3, 0.4) is 0 Å². The predicted molar refractivity (Wildman–Crippen MR) is 287 cm³/mol. The molecule has 0 spiro atoms. The van der Waals surface area contributed by atoms with Gasteiger partial charge in [0.15, 0.2) is 0 Å². The smallest absolute Gasteiger partial charge is 0.240 e. The van der Waals surface area contributed by atoms with Gasteiger partial charge in [-0.2, -0.15) is 0 Å². The van der Waals surface area contributed by atoms with Gasteiger partial charge in [-0.15, -0.1) is 0 Å². The molecule has 0 saturated carbocycles. The van der Waals surface area contributed by atoms with Crippen LogP contribution in [0.15, 0.2) is 87.7 Å². The maximum atomic E-state index is 12.9. The molecule has 4 aromatic carbocycles. The molecule has 4 aromatic rings. The fourth-order valence-electron chi connectivity index (χ4n) is 8.04. The predicted octanol–water partition coefficient (Wildman–Crippen LogP) is 7.70. The van der Waals surface area contributed by atoms with Gasteiger partial charge in [-0.3, -0.25) is 0 Å². The van der Waals surface area contributed by atoms with Crippen molar-refractivity contribution in [1.29, 1.82) is 0 Å². The van der Waals surface area contributed by atoms with Gasteiger partial charge in [-0.1, -0.05) is 83.2 Å². The molecule has 6 rings (SSSR count). The standard InChI is InChI=1S/C24H31Cl2N5O5S.C24H33Cl2N3O5S.CH4/c1-31-16-22(21-14-19(25)15-24(26)23(21)17-31)18-3-2-4-20(13-18)37(32,33)29-6-8-35-10-12-36-11-9-34-7-5-28-30-27;1-29-16-22(21-14-19(25)15-24(26)23(21)17-29)18-3-2-4-20(13-18)35(30,31)28-6-8-33-10-12-34-11-9-32-7-5-27;/h2-4,13-15,22,29H,5-12,16-17H2,1H3;2-4,13-15,22,28H,5-12,16-17,27H2,1H3;1H4/t2*22-;/m00./s1. The van der Waals surface area contributed by atoms with Gasteiger partial charge < -0.3 is 44.0 Å². The van der Waals surface area contributed by atoms with Crippen molar-refractivity contribution < 1.29 is 45.3 Å². The van der Waals surface area contributed by atoms with Crippen molar-refractivity contribution in [2.45, 2.75) is 42.1 Å². The third-order valence-corrected chi connectivity index (χ3v) is 15.4. The molecule has 4 N–H and O–H groups in total. The fourth-order valence-corrected chi connectivity index (χ4v) is 11.3. The van der Waals surface area contributed by atoms with E-state index in [-0.39, 0.29) is 61.9 Å². The first kappa shape index (κ1) is 62.4. The Morgan fingerprint density at radius 3 is 1.38 bits per heavy atom. The van der Waals surface area contributed by atoms with Gasteiger partial charge in [0.2, 0.25) is 20.0 Å². The first-order valence-corrected chi connectivity index (χ1v) is 27.8. The normalized spacial score (nSPS) is 15.9. The Hall–Kier alpha value is -3.19. The highest BCUT2D eigenvalue weighted by molar-refractivity contribution is 7.89. The fraction of sp³-hybridized carbons (Fsp3) is 0.510. The number of hydrogen-bond acceptors (Lipinski definition) is 14. The number of azide groups is 1. The highest BCUT2D eigenvalue weighted by Gasteiger charge is 2.30. The second-order valence-electron chi connectivity index (χ2n) is 16.8. The summed E-state index contributed by atoms with van der Waals surface area (Å²) in [5.41, 5.74) is 19.3. The highest BCUT2D eigenvalue weighted by atomic mass is 35.5. The van der Waals surface area contributed by atoms with E-state index in [1.54, 1.807) is 48.5 Å². The zero-order valence-electron chi connectivity index (χ0n) is 40.4. The Morgan fingerprint density at radius 2 is 0.986 bits per heavy atom. The highest BCUT2D eigenvalue weighted by Crippen LogP contribution is 2.40. The third-order valence-electron chi connectivity index (χ3n) is 11.4. The largest absolute Gasteiger partial charge is 0.379 e. The van der Waals surface area contributed by atoms with Crippen molar-refractivity contribution in [1.82, 2.24) is 19.2 Å². The van der Waals surface area contributed by atoms with Crippen molar-refractivity contribution in [2.75, 3.05) is 133 Å². The summed E-state index contributed by atoms with van der Waals surface area (Å²) in [7, 11) is -3.38. The van der Waals surface area contributed by atoms with Crippen LogP contribution in [0.2, 0.25) is 20.1 Å². The number of rotatable bonds is 29. The minimum atomic E-state index is -3.72. The minimum absolute atomic E-state index is 0. The molecule has 2 aliphatic heterocycles. The summed E-state index contributed by atoms with van der Waals surface area (Å²) in [4.78, 5) is 7.36. The monoisotopic (exact) mass is 1130 g/mol. The van der Waals surface area contributed by atoms with Crippen LogP contribution in [0, 0.1) is 0 Å². The molecule has 2 heterocycles. The number of ether oxygens (including phenoxy) is 6. The lowest BCUT2D eigenvalue weighted by Gasteiger charge is -2.33. The van der Waals surface area contributed by atoms with Gasteiger partial charge in [-0.05, 0) is 102 Å². The molecule has 0 unspecified atom stereocenters. The van der Waals surface area contributed by atoms with Crippen molar-refractivity contribution in [3.63, 3.8) is 0 Å². The Kier molecular flexibility index (Phi) is 27.7. The van der Waals surface area contributed by atoms with E-state index in [0.29, 0.717) is 106 Å². The van der Waals surface area contributed by atoms with Crippen LogP contribution in [0.5, 0.6) is 0 Å². The second kappa shape index (κ2) is 32.4. The van der Waals surface area contributed by atoms with Gasteiger partial charge in [0.1, 0.15) is 0 Å². The number of hydrogen-bond donors (Lipinski definition) is 3. The number of fused-ring (bicyclic) bond motifs is 2. The average Bonchev–Trinajstić information content (AvgIpc) is 3.35. The summed E-state index contributed by atoms with van der Waals surface area (Å²) in [5, 5.41) is 5.73. The van der Waals surface area contributed by atoms with E-state index in [9.17, 15) is 16.8 Å². The van der Waals surface area contributed by atoms with Crippen LogP contribution in [0.4, 0.5) is 0 Å². The summed E-state index contributed by atoms with van der Waals surface area (Å²) in [5.74, 6) is -0.0981. The first-order valence-electron chi connectivity index (χ1n) is 23.3. The molecule has 24 heteroatoms. The lowest BCUT2D eigenvalue weighted by Crippen LogP contribution is -2.31. The molecule has 18 nitrogen and oxygen atoms in total. The molecule has 0 radical (unpaired) electrons. The zero-order chi connectivity index (χ0) is 51.9. The van der Waals surface area contributed by atoms with Crippen LogP contribution in [-0.2, 0) is 61.6 Å².